The summed E-state index contributed by atoms with van der Waals surface area (Å²) in [5, 5.41) is 9.67. The fourth-order valence-corrected chi connectivity index (χ4v) is 4.78. The van der Waals surface area contributed by atoms with Gasteiger partial charge in [0.1, 0.15) is 5.78 Å². The first-order chi connectivity index (χ1) is 9.83. The lowest BCUT2D eigenvalue weighted by Gasteiger charge is -2.63. The summed E-state index contributed by atoms with van der Waals surface area (Å²) in [7, 11) is 0. The molecule has 2 nitrogen and oxygen atoms in total. The first-order valence-electron chi connectivity index (χ1n) is 7.81. The van der Waals surface area contributed by atoms with E-state index in [1.54, 1.807) is 0 Å². The zero-order chi connectivity index (χ0) is 15.3. The molecule has 0 spiro atoms. The van der Waals surface area contributed by atoms with Crippen LogP contribution in [0, 0.1) is 33.5 Å². The van der Waals surface area contributed by atoms with Crippen molar-refractivity contribution in [1.29, 1.82) is 5.26 Å². The predicted molar refractivity (Wildman–Crippen MR) is 82.4 cm³/mol. The summed E-state index contributed by atoms with van der Waals surface area (Å²) in [6, 6.07) is 12.7. The van der Waals surface area contributed by atoms with Crippen molar-refractivity contribution >= 4 is 5.78 Å². The molecule has 0 amide bonds. The van der Waals surface area contributed by atoms with Gasteiger partial charge in [-0.15, -0.1) is 0 Å². The van der Waals surface area contributed by atoms with Gasteiger partial charge in [-0.3, -0.25) is 4.79 Å². The Balaban J connectivity index is 2.01. The van der Waals surface area contributed by atoms with Gasteiger partial charge in [-0.25, -0.2) is 0 Å². The van der Waals surface area contributed by atoms with Crippen molar-refractivity contribution in [2.24, 2.45) is 22.2 Å². The summed E-state index contributed by atoms with van der Waals surface area (Å²) >= 11 is 0. The number of rotatable bonds is 2. The third-order valence-corrected chi connectivity index (χ3v) is 5.84. The molecule has 2 fully saturated rings. The summed E-state index contributed by atoms with van der Waals surface area (Å²) in [6.07, 6.45) is 3.25. The Hall–Kier alpha value is -1.62. The average molecular weight is 281 g/mol. The summed E-state index contributed by atoms with van der Waals surface area (Å²) in [5.74, 6) is 0.668. The smallest absolute Gasteiger partial charge is 0.141 e. The minimum Gasteiger partial charge on any atom is -0.299 e. The molecule has 3 rings (SSSR count). The van der Waals surface area contributed by atoms with Crippen molar-refractivity contribution in [1.82, 2.24) is 0 Å². The highest BCUT2D eigenvalue weighted by atomic mass is 16.1. The Kier molecular flexibility index (Phi) is 3.03. The molecule has 0 aliphatic heterocycles. The summed E-state index contributed by atoms with van der Waals surface area (Å²) < 4.78 is 0. The van der Waals surface area contributed by atoms with E-state index in [-0.39, 0.29) is 5.41 Å². The number of carbonyl (C=O) groups excluding carboxylic acids is 1. The van der Waals surface area contributed by atoms with Crippen molar-refractivity contribution in [2.75, 3.05) is 0 Å². The van der Waals surface area contributed by atoms with Gasteiger partial charge in [0, 0.05) is 6.42 Å². The molecule has 1 aromatic rings. The number of nitrogens with zero attached hydrogens (tertiary/aromatic N) is 1. The highest BCUT2D eigenvalue weighted by molar-refractivity contribution is 5.89. The molecule has 0 bridgehead atoms. The van der Waals surface area contributed by atoms with Crippen LogP contribution in [0.25, 0.3) is 0 Å². The third kappa shape index (κ3) is 1.94. The maximum Gasteiger partial charge on any atom is 0.141 e. The molecule has 3 atom stereocenters. The van der Waals surface area contributed by atoms with E-state index in [0.29, 0.717) is 18.1 Å². The lowest BCUT2D eigenvalue weighted by atomic mass is 9.37. The summed E-state index contributed by atoms with van der Waals surface area (Å²) in [4.78, 5) is 13.0. The molecule has 0 radical (unpaired) electrons. The molecule has 0 unspecified atom stereocenters. The van der Waals surface area contributed by atoms with Crippen LogP contribution < -0.4 is 0 Å². The number of hydrogen-bond donors (Lipinski definition) is 0. The number of nitriles is 1. The van der Waals surface area contributed by atoms with Crippen molar-refractivity contribution in [3.05, 3.63) is 35.9 Å². The summed E-state index contributed by atoms with van der Waals surface area (Å²) in [6.45, 7) is 6.35. The molecule has 2 aliphatic carbocycles. The van der Waals surface area contributed by atoms with Gasteiger partial charge in [0.2, 0.25) is 0 Å². The zero-order valence-corrected chi connectivity index (χ0v) is 13.1. The van der Waals surface area contributed by atoms with E-state index in [1.807, 2.05) is 25.1 Å². The second-order valence-corrected chi connectivity index (χ2v) is 7.95. The number of Topliss-reactive ketones (excluding diaryl/α,β-unsaturated/α-hetero) is 1. The van der Waals surface area contributed by atoms with Crippen LogP contribution in [0.1, 0.15) is 45.6 Å². The fourth-order valence-electron chi connectivity index (χ4n) is 4.78. The number of benzene rings is 1. The summed E-state index contributed by atoms with van der Waals surface area (Å²) in [5.41, 5.74) is 0.301. The van der Waals surface area contributed by atoms with Crippen LogP contribution in [0.5, 0.6) is 0 Å². The van der Waals surface area contributed by atoms with E-state index in [2.05, 4.69) is 32.0 Å². The molecule has 2 aliphatic rings. The van der Waals surface area contributed by atoms with Crippen LogP contribution in [0.15, 0.2) is 30.3 Å². The number of carbonyl (C=O) groups is 1. The molecule has 0 heterocycles. The van der Waals surface area contributed by atoms with E-state index in [0.717, 1.165) is 19.3 Å². The Morgan fingerprint density at radius 2 is 1.86 bits per heavy atom. The number of fused-ring (bicyclic) bond motifs is 1. The van der Waals surface area contributed by atoms with Crippen LogP contribution in [0.2, 0.25) is 0 Å². The van der Waals surface area contributed by atoms with Crippen LogP contribution >= 0.6 is 0 Å². The van der Waals surface area contributed by atoms with E-state index in [1.165, 1.54) is 5.56 Å². The van der Waals surface area contributed by atoms with Crippen LogP contribution in [0.4, 0.5) is 0 Å². The standard InChI is InChI=1S/C19H23NO/c1-17(2)10-15-11-18(3,13-20)19(15,16(21)12-17)9-14-7-5-4-6-8-14/h4-8,15H,9-12H2,1-3H3/t15-,18-,19+/m0/s1. The lowest BCUT2D eigenvalue weighted by Crippen LogP contribution is -2.65. The Morgan fingerprint density at radius 3 is 2.43 bits per heavy atom. The van der Waals surface area contributed by atoms with Gasteiger partial charge >= 0.3 is 0 Å². The monoisotopic (exact) mass is 281 g/mol. The zero-order valence-electron chi connectivity index (χ0n) is 13.1. The third-order valence-electron chi connectivity index (χ3n) is 5.84. The predicted octanol–water partition coefficient (Wildman–Crippen LogP) is 4.15. The molecule has 0 saturated heterocycles. The molecule has 110 valence electrons. The molecule has 0 N–H and O–H groups in total. The Morgan fingerprint density at radius 1 is 1.19 bits per heavy atom. The first kappa shape index (κ1) is 14.3. The van der Waals surface area contributed by atoms with Gasteiger partial charge in [-0.1, -0.05) is 44.2 Å². The molecule has 0 aromatic heterocycles. The maximum absolute atomic E-state index is 13.0. The molecule has 21 heavy (non-hydrogen) atoms. The molecular formula is C19H23NO. The second kappa shape index (κ2) is 4.44. The normalized spacial score (nSPS) is 37.2. The van der Waals surface area contributed by atoms with Crippen LogP contribution in [-0.4, -0.2) is 5.78 Å². The van der Waals surface area contributed by atoms with Gasteiger partial charge in [0.25, 0.3) is 0 Å². The van der Waals surface area contributed by atoms with Crippen molar-refractivity contribution in [2.45, 2.75) is 46.5 Å². The van der Waals surface area contributed by atoms with Gasteiger partial charge in [0.15, 0.2) is 0 Å². The lowest BCUT2D eigenvalue weighted by molar-refractivity contribution is -0.176. The SMILES string of the molecule is CC1(C)CC(=O)[C@@]2(Cc3ccccc3)[C@@H](C1)C[C@@]2(C)C#N. The minimum absolute atomic E-state index is 0.0821. The van der Waals surface area contributed by atoms with Crippen LogP contribution in [0.3, 0.4) is 0 Å². The van der Waals surface area contributed by atoms with Crippen LogP contribution in [-0.2, 0) is 11.2 Å². The second-order valence-electron chi connectivity index (χ2n) is 7.95. The molecule has 1 aromatic carbocycles. The van der Waals surface area contributed by atoms with Gasteiger partial charge in [-0.05, 0) is 43.1 Å². The van der Waals surface area contributed by atoms with E-state index in [9.17, 15) is 10.1 Å². The van der Waals surface area contributed by atoms with Gasteiger partial charge in [0.05, 0.1) is 16.9 Å². The van der Waals surface area contributed by atoms with Crippen molar-refractivity contribution in [3.8, 4) is 6.07 Å². The van der Waals surface area contributed by atoms with Crippen molar-refractivity contribution in [3.63, 3.8) is 0 Å². The first-order valence-corrected chi connectivity index (χ1v) is 7.81. The maximum atomic E-state index is 13.0. The van der Waals surface area contributed by atoms with E-state index < -0.39 is 10.8 Å². The Bertz CT molecular complexity index is 612. The topological polar surface area (TPSA) is 40.9 Å². The average Bonchev–Trinajstić information content (AvgIpc) is 2.42. The Labute approximate surface area is 127 Å². The van der Waals surface area contributed by atoms with E-state index in [4.69, 9.17) is 0 Å². The number of hydrogen-bond acceptors (Lipinski definition) is 2. The van der Waals surface area contributed by atoms with Crippen molar-refractivity contribution < 1.29 is 4.79 Å². The molecule has 2 heteroatoms. The largest absolute Gasteiger partial charge is 0.299 e. The molecular weight excluding hydrogens is 258 g/mol. The fraction of sp³-hybridized carbons (Fsp3) is 0.579. The number of ketones is 1. The van der Waals surface area contributed by atoms with E-state index >= 15 is 0 Å². The molecule has 2 saturated carbocycles. The van der Waals surface area contributed by atoms with Gasteiger partial charge < -0.3 is 0 Å². The quantitative estimate of drug-likeness (QED) is 0.817. The van der Waals surface area contributed by atoms with Gasteiger partial charge in [-0.2, -0.15) is 5.26 Å². The minimum atomic E-state index is -0.499. The highest BCUT2D eigenvalue weighted by Crippen LogP contribution is 2.68. The highest BCUT2D eigenvalue weighted by Gasteiger charge is 2.69.